The van der Waals surface area contributed by atoms with Crippen LogP contribution >= 0.6 is 11.6 Å². The fourth-order valence-electron chi connectivity index (χ4n) is 2.15. The number of halogens is 1. The van der Waals surface area contributed by atoms with Crippen molar-refractivity contribution in [2.45, 2.75) is 27.2 Å². The molecule has 21 heavy (non-hydrogen) atoms. The zero-order chi connectivity index (χ0) is 15.4. The Bertz CT molecular complexity index is 668. The Morgan fingerprint density at radius 1 is 1.10 bits per heavy atom. The maximum Gasteiger partial charge on any atom is 0.323 e. The third-order valence-electron chi connectivity index (χ3n) is 3.41. The lowest BCUT2D eigenvalue weighted by Crippen LogP contribution is -2.20. The summed E-state index contributed by atoms with van der Waals surface area (Å²) in [5.41, 5.74) is 4.69. The van der Waals surface area contributed by atoms with Gasteiger partial charge in [-0.3, -0.25) is 0 Å². The van der Waals surface area contributed by atoms with Crippen molar-refractivity contribution < 1.29 is 4.79 Å². The summed E-state index contributed by atoms with van der Waals surface area (Å²) in [7, 11) is 0. The molecule has 0 unspecified atom stereocenters. The molecule has 0 saturated carbocycles. The van der Waals surface area contributed by atoms with E-state index in [1.165, 1.54) is 0 Å². The van der Waals surface area contributed by atoms with Crippen LogP contribution in [0.3, 0.4) is 0 Å². The first-order valence-corrected chi connectivity index (χ1v) is 7.31. The monoisotopic (exact) mass is 302 g/mol. The fraction of sp³-hybridized carbons (Fsp3) is 0.235. The minimum atomic E-state index is -0.265. The van der Waals surface area contributed by atoms with Crippen molar-refractivity contribution in [1.82, 2.24) is 0 Å². The SMILES string of the molecule is CCc1cccc(C)c1NC(=O)Nc1ccc(C)c(Cl)c1. The summed E-state index contributed by atoms with van der Waals surface area (Å²) in [6, 6.07) is 11.2. The Kier molecular flexibility index (Phi) is 4.86. The highest BCUT2D eigenvalue weighted by Crippen LogP contribution is 2.23. The fourth-order valence-corrected chi connectivity index (χ4v) is 2.33. The highest BCUT2D eigenvalue weighted by atomic mass is 35.5. The number of para-hydroxylation sites is 1. The second kappa shape index (κ2) is 6.64. The van der Waals surface area contributed by atoms with Gasteiger partial charge in [0.25, 0.3) is 0 Å². The normalized spacial score (nSPS) is 10.3. The van der Waals surface area contributed by atoms with Crippen LogP contribution in [0, 0.1) is 13.8 Å². The third kappa shape index (κ3) is 3.76. The quantitative estimate of drug-likeness (QED) is 0.807. The minimum absolute atomic E-state index is 0.265. The largest absolute Gasteiger partial charge is 0.323 e. The van der Waals surface area contributed by atoms with Crippen molar-refractivity contribution in [3.05, 3.63) is 58.1 Å². The number of benzene rings is 2. The van der Waals surface area contributed by atoms with Crippen LogP contribution in [0.5, 0.6) is 0 Å². The van der Waals surface area contributed by atoms with E-state index < -0.39 is 0 Å². The van der Waals surface area contributed by atoms with Gasteiger partial charge in [-0.25, -0.2) is 4.79 Å². The molecule has 110 valence electrons. The van der Waals surface area contributed by atoms with Crippen molar-refractivity contribution in [1.29, 1.82) is 0 Å². The van der Waals surface area contributed by atoms with Gasteiger partial charge in [-0.2, -0.15) is 0 Å². The molecule has 0 aliphatic rings. The summed E-state index contributed by atoms with van der Waals surface area (Å²) in [5.74, 6) is 0. The maximum absolute atomic E-state index is 12.1. The van der Waals surface area contributed by atoms with Crippen molar-refractivity contribution in [2.75, 3.05) is 10.6 Å². The smallest absolute Gasteiger partial charge is 0.308 e. The standard InChI is InChI=1S/C17H19ClN2O/c1-4-13-7-5-6-12(3)16(13)20-17(21)19-14-9-8-11(2)15(18)10-14/h5-10H,4H2,1-3H3,(H2,19,20,21). The predicted octanol–water partition coefficient (Wildman–Crippen LogP) is 5.16. The van der Waals surface area contributed by atoms with Crippen LogP contribution < -0.4 is 10.6 Å². The van der Waals surface area contributed by atoms with E-state index >= 15 is 0 Å². The summed E-state index contributed by atoms with van der Waals surface area (Å²) in [4.78, 5) is 12.1. The molecule has 0 heterocycles. The zero-order valence-electron chi connectivity index (χ0n) is 12.5. The van der Waals surface area contributed by atoms with E-state index in [1.807, 2.05) is 44.2 Å². The van der Waals surface area contributed by atoms with E-state index in [0.29, 0.717) is 10.7 Å². The van der Waals surface area contributed by atoms with Crippen LogP contribution in [0.2, 0.25) is 5.02 Å². The molecule has 0 aliphatic heterocycles. The molecular weight excluding hydrogens is 284 g/mol. The molecule has 0 radical (unpaired) electrons. The van der Waals surface area contributed by atoms with Crippen LogP contribution in [0.4, 0.5) is 16.2 Å². The van der Waals surface area contributed by atoms with E-state index in [9.17, 15) is 4.79 Å². The van der Waals surface area contributed by atoms with Crippen LogP contribution in [0.1, 0.15) is 23.6 Å². The number of rotatable bonds is 3. The number of aryl methyl sites for hydroxylation is 3. The van der Waals surface area contributed by atoms with Crippen LogP contribution in [-0.2, 0) is 6.42 Å². The molecule has 0 saturated heterocycles. The zero-order valence-corrected chi connectivity index (χ0v) is 13.2. The highest BCUT2D eigenvalue weighted by Gasteiger charge is 2.09. The van der Waals surface area contributed by atoms with Gasteiger partial charge in [0.1, 0.15) is 0 Å². The molecule has 0 spiro atoms. The molecule has 2 aromatic rings. The molecule has 0 aliphatic carbocycles. The first kappa shape index (κ1) is 15.4. The molecule has 4 heteroatoms. The van der Waals surface area contributed by atoms with Gasteiger partial charge >= 0.3 is 6.03 Å². The number of urea groups is 1. The lowest BCUT2D eigenvalue weighted by atomic mass is 10.1. The number of hydrogen-bond acceptors (Lipinski definition) is 1. The van der Waals surface area contributed by atoms with Crippen LogP contribution in [0.15, 0.2) is 36.4 Å². The van der Waals surface area contributed by atoms with E-state index in [-0.39, 0.29) is 6.03 Å². The Labute approximate surface area is 130 Å². The number of carbonyl (C=O) groups excluding carboxylic acids is 1. The first-order chi connectivity index (χ1) is 10.0. The molecule has 3 nitrogen and oxygen atoms in total. The van der Waals surface area contributed by atoms with Gasteiger partial charge in [0.15, 0.2) is 0 Å². The molecule has 0 bridgehead atoms. The van der Waals surface area contributed by atoms with Gasteiger partial charge in [0.05, 0.1) is 0 Å². The number of amides is 2. The van der Waals surface area contributed by atoms with Gasteiger partial charge < -0.3 is 10.6 Å². The summed E-state index contributed by atoms with van der Waals surface area (Å²) >= 11 is 6.06. The van der Waals surface area contributed by atoms with E-state index in [2.05, 4.69) is 17.6 Å². The lowest BCUT2D eigenvalue weighted by Gasteiger charge is -2.14. The molecule has 0 fully saturated rings. The van der Waals surface area contributed by atoms with E-state index in [1.54, 1.807) is 6.07 Å². The number of hydrogen-bond donors (Lipinski definition) is 2. The second-order valence-electron chi connectivity index (χ2n) is 5.01. The minimum Gasteiger partial charge on any atom is -0.308 e. The van der Waals surface area contributed by atoms with Gasteiger partial charge in [-0.1, -0.05) is 42.8 Å². The van der Waals surface area contributed by atoms with Crippen molar-refractivity contribution in [2.24, 2.45) is 0 Å². The summed E-state index contributed by atoms with van der Waals surface area (Å²) in [6.45, 7) is 5.97. The Balaban J connectivity index is 2.13. The van der Waals surface area contributed by atoms with E-state index in [0.717, 1.165) is 28.8 Å². The molecule has 2 rings (SSSR count). The molecule has 2 aromatic carbocycles. The summed E-state index contributed by atoms with van der Waals surface area (Å²) < 4.78 is 0. The molecule has 2 amide bonds. The first-order valence-electron chi connectivity index (χ1n) is 6.94. The van der Waals surface area contributed by atoms with Crippen LogP contribution in [0.25, 0.3) is 0 Å². The van der Waals surface area contributed by atoms with Gasteiger partial charge in [0.2, 0.25) is 0 Å². The second-order valence-corrected chi connectivity index (χ2v) is 5.41. The highest BCUT2D eigenvalue weighted by molar-refractivity contribution is 6.31. The number of anilines is 2. The number of carbonyl (C=O) groups is 1. The van der Waals surface area contributed by atoms with Crippen LogP contribution in [-0.4, -0.2) is 6.03 Å². The third-order valence-corrected chi connectivity index (χ3v) is 3.82. The Morgan fingerprint density at radius 2 is 1.86 bits per heavy atom. The average molecular weight is 303 g/mol. The number of nitrogens with one attached hydrogen (secondary N) is 2. The van der Waals surface area contributed by atoms with Gasteiger partial charge in [-0.05, 0) is 49.1 Å². The Morgan fingerprint density at radius 3 is 2.52 bits per heavy atom. The van der Waals surface area contributed by atoms with E-state index in [4.69, 9.17) is 11.6 Å². The molecule has 0 aromatic heterocycles. The van der Waals surface area contributed by atoms with Crippen molar-refractivity contribution >= 4 is 29.0 Å². The predicted molar refractivity (Wildman–Crippen MR) is 89.4 cm³/mol. The lowest BCUT2D eigenvalue weighted by molar-refractivity contribution is 0.262. The van der Waals surface area contributed by atoms with Gasteiger partial charge in [0, 0.05) is 16.4 Å². The Hall–Kier alpha value is -2.00. The van der Waals surface area contributed by atoms with Crippen molar-refractivity contribution in [3.63, 3.8) is 0 Å². The van der Waals surface area contributed by atoms with Crippen molar-refractivity contribution in [3.8, 4) is 0 Å². The van der Waals surface area contributed by atoms with Gasteiger partial charge in [-0.15, -0.1) is 0 Å². The summed E-state index contributed by atoms with van der Waals surface area (Å²) in [6.07, 6.45) is 0.869. The average Bonchev–Trinajstić information content (AvgIpc) is 2.45. The molecule has 0 atom stereocenters. The summed E-state index contributed by atoms with van der Waals surface area (Å²) in [5, 5.41) is 6.36. The molecule has 2 N–H and O–H groups in total. The molecular formula is C17H19ClN2O. The topological polar surface area (TPSA) is 41.1 Å². The maximum atomic E-state index is 12.1.